The number of amides is 2. The quantitative estimate of drug-likeness (QED) is 0.663. The number of ether oxygens (including phenoxy) is 3. The van der Waals surface area contributed by atoms with E-state index < -0.39 is 11.8 Å². The first-order valence-corrected chi connectivity index (χ1v) is 7.56. The zero-order valence-electron chi connectivity index (χ0n) is 12.4. The van der Waals surface area contributed by atoms with Gasteiger partial charge in [-0.3, -0.25) is 0 Å². The first kappa shape index (κ1) is 14.6. The maximum Gasteiger partial charge on any atom is 0.328 e. The van der Waals surface area contributed by atoms with E-state index in [-0.39, 0.29) is 12.0 Å². The molecule has 3 aliphatic rings. The number of hydrogen-bond donors (Lipinski definition) is 0. The molecule has 0 aromatic heterocycles. The van der Waals surface area contributed by atoms with Crippen molar-refractivity contribution in [2.24, 2.45) is 0 Å². The topological polar surface area (TPSA) is 68.3 Å². The molecular formula is C14H22N2O5. The summed E-state index contributed by atoms with van der Waals surface area (Å²) in [6.45, 7) is 3.08. The van der Waals surface area contributed by atoms with E-state index in [0.717, 1.165) is 6.42 Å². The van der Waals surface area contributed by atoms with Crippen LogP contribution in [0.15, 0.2) is 0 Å². The van der Waals surface area contributed by atoms with Crippen molar-refractivity contribution in [1.82, 2.24) is 9.80 Å². The molecule has 0 aromatic carbocycles. The van der Waals surface area contributed by atoms with Crippen LogP contribution in [0.3, 0.4) is 0 Å². The second-order valence-electron chi connectivity index (χ2n) is 5.75. The Hall–Kier alpha value is -1.34. The molecule has 0 radical (unpaired) electrons. The smallest absolute Gasteiger partial charge is 0.328 e. The number of methoxy groups -OCH3 is 1. The van der Waals surface area contributed by atoms with Gasteiger partial charge in [-0.25, -0.2) is 9.59 Å². The second kappa shape index (κ2) is 5.81. The van der Waals surface area contributed by atoms with Gasteiger partial charge in [0.2, 0.25) is 0 Å². The average Bonchev–Trinajstić information content (AvgIpc) is 3.16. The summed E-state index contributed by atoms with van der Waals surface area (Å²) in [7, 11) is 1.36. The molecule has 7 nitrogen and oxygen atoms in total. The van der Waals surface area contributed by atoms with Crippen LogP contribution in [0.4, 0.5) is 4.79 Å². The van der Waals surface area contributed by atoms with Crippen molar-refractivity contribution >= 4 is 12.0 Å². The number of hydrogen-bond acceptors (Lipinski definition) is 5. The summed E-state index contributed by atoms with van der Waals surface area (Å²) in [6, 6.07) is -0.506. The molecular weight excluding hydrogens is 276 g/mol. The lowest BCUT2D eigenvalue weighted by Crippen LogP contribution is -2.53. The average molecular weight is 298 g/mol. The standard InChI is InChI=1S/C14H22N2O5/c1-19-12(17)11-3-2-6-16(11)13(18)15-7-4-14(5-8-15)20-9-10-21-14/h11H,2-10H2,1H3/t11-/m0/s1. The van der Waals surface area contributed by atoms with Gasteiger partial charge in [0.15, 0.2) is 5.79 Å². The van der Waals surface area contributed by atoms with Gasteiger partial charge in [-0.2, -0.15) is 0 Å². The summed E-state index contributed by atoms with van der Waals surface area (Å²) in [5.41, 5.74) is 0. The van der Waals surface area contributed by atoms with Crippen molar-refractivity contribution in [1.29, 1.82) is 0 Å². The minimum atomic E-state index is -0.483. The number of carbonyl (C=O) groups excluding carboxylic acids is 2. The molecule has 3 saturated heterocycles. The van der Waals surface area contributed by atoms with Crippen LogP contribution in [-0.2, 0) is 19.0 Å². The predicted octanol–water partition coefficient (Wildman–Crippen LogP) is 0.583. The molecule has 3 rings (SSSR count). The summed E-state index contributed by atoms with van der Waals surface area (Å²) in [5, 5.41) is 0. The molecule has 0 aliphatic carbocycles. The first-order valence-electron chi connectivity index (χ1n) is 7.56. The van der Waals surface area contributed by atoms with Crippen molar-refractivity contribution in [3.05, 3.63) is 0 Å². The summed E-state index contributed by atoms with van der Waals surface area (Å²) in [5.74, 6) is -0.805. The highest BCUT2D eigenvalue weighted by Gasteiger charge is 2.43. The molecule has 3 heterocycles. The van der Waals surface area contributed by atoms with Crippen molar-refractivity contribution in [3.8, 4) is 0 Å². The zero-order valence-corrected chi connectivity index (χ0v) is 12.4. The van der Waals surface area contributed by atoms with Crippen LogP contribution in [-0.4, -0.2) is 73.6 Å². The molecule has 0 N–H and O–H groups in total. The summed E-state index contributed by atoms with van der Waals surface area (Å²) in [4.78, 5) is 27.8. The molecule has 1 atom stereocenters. The van der Waals surface area contributed by atoms with Gasteiger partial charge in [-0.1, -0.05) is 0 Å². The van der Waals surface area contributed by atoms with Gasteiger partial charge in [0.05, 0.1) is 20.3 Å². The highest BCUT2D eigenvalue weighted by atomic mass is 16.7. The van der Waals surface area contributed by atoms with Crippen LogP contribution < -0.4 is 0 Å². The molecule has 0 unspecified atom stereocenters. The number of esters is 1. The summed E-state index contributed by atoms with van der Waals surface area (Å²) < 4.78 is 16.1. The largest absolute Gasteiger partial charge is 0.467 e. The van der Waals surface area contributed by atoms with Crippen LogP contribution in [0.25, 0.3) is 0 Å². The molecule has 118 valence electrons. The molecule has 7 heteroatoms. The van der Waals surface area contributed by atoms with Gasteiger partial charge in [0, 0.05) is 32.5 Å². The minimum absolute atomic E-state index is 0.0734. The lowest BCUT2D eigenvalue weighted by atomic mass is 10.0. The van der Waals surface area contributed by atoms with Gasteiger partial charge < -0.3 is 24.0 Å². The fourth-order valence-corrected chi connectivity index (χ4v) is 3.38. The number of rotatable bonds is 1. The Balaban J connectivity index is 1.59. The van der Waals surface area contributed by atoms with Gasteiger partial charge in [-0.15, -0.1) is 0 Å². The Labute approximate surface area is 124 Å². The number of carbonyl (C=O) groups is 2. The fourth-order valence-electron chi connectivity index (χ4n) is 3.38. The molecule has 0 aromatic rings. The highest BCUT2D eigenvalue weighted by molar-refractivity contribution is 5.84. The van der Waals surface area contributed by atoms with Crippen LogP contribution >= 0.6 is 0 Å². The molecule has 1 spiro atoms. The van der Waals surface area contributed by atoms with Crippen molar-refractivity contribution < 1.29 is 23.8 Å². The molecule has 21 heavy (non-hydrogen) atoms. The molecule has 0 bridgehead atoms. The molecule has 3 aliphatic heterocycles. The maximum absolute atomic E-state index is 12.6. The number of nitrogens with zero attached hydrogens (tertiary/aromatic N) is 2. The Kier molecular flexibility index (Phi) is 4.03. The van der Waals surface area contributed by atoms with E-state index in [4.69, 9.17) is 14.2 Å². The van der Waals surface area contributed by atoms with E-state index >= 15 is 0 Å². The Morgan fingerprint density at radius 1 is 1.14 bits per heavy atom. The SMILES string of the molecule is COC(=O)[C@@H]1CCCN1C(=O)N1CCC2(CC1)OCCO2. The number of urea groups is 1. The number of piperidine rings is 1. The molecule has 2 amide bonds. The van der Waals surface area contributed by atoms with Crippen LogP contribution in [0, 0.1) is 0 Å². The van der Waals surface area contributed by atoms with Gasteiger partial charge in [0.1, 0.15) is 6.04 Å². The third-order valence-electron chi connectivity index (χ3n) is 4.58. The highest BCUT2D eigenvalue weighted by Crippen LogP contribution is 2.32. The minimum Gasteiger partial charge on any atom is -0.467 e. The van der Waals surface area contributed by atoms with E-state index in [1.807, 2.05) is 0 Å². The van der Waals surface area contributed by atoms with E-state index in [1.165, 1.54) is 7.11 Å². The Morgan fingerprint density at radius 3 is 2.43 bits per heavy atom. The lowest BCUT2D eigenvalue weighted by Gasteiger charge is -2.39. The van der Waals surface area contributed by atoms with Gasteiger partial charge >= 0.3 is 12.0 Å². The van der Waals surface area contributed by atoms with E-state index in [2.05, 4.69) is 0 Å². The van der Waals surface area contributed by atoms with Crippen LogP contribution in [0.5, 0.6) is 0 Å². The third kappa shape index (κ3) is 2.72. The monoisotopic (exact) mass is 298 g/mol. The predicted molar refractivity (Wildman–Crippen MR) is 72.6 cm³/mol. The first-order chi connectivity index (χ1) is 10.2. The normalized spacial score (nSPS) is 28.1. The number of likely N-dealkylation sites (tertiary alicyclic amines) is 2. The van der Waals surface area contributed by atoms with Crippen molar-refractivity contribution in [2.45, 2.75) is 37.5 Å². The summed E-state index contributed by atoms with van der Waals surface area (Å²) >= 11 is 0. The van der Waals surface area contributed by atoms with Crippen LogP contribution in [0.2, 0.25) is 0 Å². The fraction of sp³-hybridized carbons (Fsp3) is 0.857. The van der Waals surface area contributed by atoms with E-state index in [0.29, 0.717) is 52.1 Å². The van der Waals surface area contributed by atoms with Gasteiger partial charge in [0.25, 0.3) is 0 Å². The molecule has 3 fully saturated rings. The second-order valence-corrected chi connectivity index (χ2v) is 5.75. The Morgan fingerprint density at radius 2 is 1.81 bits per heavy atom. The third-order valence-corrected chi connectivity index (χ3v) is 4.58. The van der Waals surface area contributed by atoms with E-state index in [9.17, 15) is 9.59 Å². The lowest BCUT2D eigenvalue weighted by molar-refractivity contribution is -0.182. The zero-order chi connectivity index (χ0) is 14.9. The van der Waals surface area contributed by atoms with Crippen molar-refractivity contribution in [3.63, 3.8) is 0 Å². The van der Waals surface area contributed by atoms with E-state index in [1.54, 1.807) is 9.80 Å². The van der Waals surface area contributed by atoms with Crippen molar-refractivity contribution in [2.75, 3.05) is 40.0 Å². The molecule has 0 saturated carbocycles. The maximum atomic E-state index is 12.6. The Bertz CT molecular complexity index is 412. The van der Waals surface area contributed by atoms with Gasteiger partial charge in [-0.05, 0) is 12.8 Å². The summed E-state index contributed by atoms with van der Waals surface area (Å²) in [6.07, 6.45) is 2.91. The van der Waals surface area contributed by atoms with Crippen LogP contribution in [0.1, 0.15) is 25.7 Å².